The summed E-state index contributed by atoms with van der Waals surface area (Å²) in [7, 11) is -4.36. The second-order valence-corrected chi connectivity index (χ2v) is 12.7. The van der Waals surface area contributed by atoms with Crippen LogP contribution in [0.3, 0.4) is 0 Å². The number of esters is 1. The SMILES string of the molecule is CCC(CC)COC(=O)[C@H](C)N[P@](=O)(OC[C@H]1O[C@@](C#N)(c2ccc3c(N)nc(F)nn23)[C@](C)(O)[C@@H]1O)OC1=CCCC=C1. The molecule has 1 aliphatic carbocycles. The lowest BCUT2D eigenvalue weighted by Gasteiger charge is -2.33. The summed E-state index contributed by atoms with van der Waals surface area (Å²) < 4.78 is 51.7. The van der Waals surface area contributed by atoms with Crippen molar-refractivity contribution in [3.05, 3.63) is 47.9 Å². The molecule has 0 amide bonds. The van der Waals surface area contributed by atoms with Gasteiger partial charge in [0, 0.05) is 0 Å². The highest BCUT2D eigenvalue weighted by Gasteiger charge is 2.65. The van der Waals surface area contributed by atoms with Crippen LogP contribution in [-0.2, 0) is 33.5 Å². The third-order valence-corrected chi connectivity index (χ3v) is 9.56. The molecule has 0 radical (unpaired) electrons. The second kappa shape index (κ2) is 13.3. The van der Waals surface area contributed by atoms with Gasteiger partial charge in [0.2, 0.25) is 5.60 Å². The number of fused-ring (bicyclic) bond motifs is 1. The second-order valence-electron chi connectivity index (χ2n) is 11.0. The highest BCUT2D eigenvalue weighted by atomic mass is 31.2. The van der Waals surface area contributed by atoms with E-state index in [-0.39, 0.29) is 35.3 Å². The fourth-order valence-electron chi connectivity index (χ4n) is 5.08. The number of anilines is 1. The molecule has 3 heterocycles. The number of aliphatic hydroxyl groups is 2. The van der Waals surface area contributed by atoms with Crippen LogP contribution in [0, 0.1) is 23.3 Å². The van der Waals surface area contributed by atoms with Gasteiger partial charge in [0.15, 0.2) is 5.82 Å². The van der Waals surface area contributed by atoms with Crippen molar-refractivity contribution in [3.8, 4) is 6.07 Å². The molecule has 0 spiro atoms. The minimum atomic E-state index is -4.36. The van der Waals surface area contributed by atoms with Gasteiger partial charge in [-0.2, -0.15) is 19.7 Å². The molecule has 0 unspecified atom stereocenters. The highest BCUT2D eigenvalue weighted by Crippen LogP contribution is 2.51. The number of rotatable bonds is 13. The molecule has 4 rings (SSSR count). The first-order valence-electron chi connectivity index (χ1n) is 14.4. The van der Waals surface area contributed by atoms with Gasteiger partial charge in [-0.25, -0.2) is 9.08 Å². The molecule has 6 atom stereocenters. The predicted octanol–water partition coefficient (Wildman–Crippen LogP) is 3.01. The van der Waals surface area contributed by atoms with Gasteiger partial charge in [-0.15, -0.1) is 5.10 Å². The quantitative estimate of drug-likeness (QED) is 0.185. The fourth-order valence-corrected chi connectivity index (χ4v) is 6.59. The first-order valence-corrected chi connectivity index (χ1v) is 15.9. The molecule has 2 aromatic rings. The van der Waals surface area contributed by atoms with Crippen LogP contribution in [-0.4, -0.2) is 67.8 Å². The average Bonchev–Trinajstić information content (AvgIpc) is 3.49. The van der Waals surface area contributed by atoms with Crippen molar-refractivity contribution < 1.29 is 42.5 Å². The van der Waals surface area contributed by atoms with E-state index in [0.717, 1.165) is 30.7 Å². The van der Waals surface area contributed by atoms with E-state index in [4.69, 9.17) is 24.3 Å². The van der Waals surface area contributed by atoms with Gasteiger partial charge in [0.05, 0.1) is 18.9 Å². The number of nitriles is 1. The number of nitrogens with two attached hydrogens (primary N) is 1. The summed E-state index contributed by atoms with van der Waals surface area (Å²) in [5, 5.41) is 39.1. The van der Waals surface area contributed by atoms with E-state index in [1.54, 1.807) is 12.2 Å². The lowest BCUT2D eigenvalue weighted by molar-refractivity contribution is -0.146. The summed E-state index contributed by atoms with van der Waals surface area (Å²) >= 11 is 0. The predicted molar refractivity (Wildman–Crippen MR) is 155 cm³/mol. The molecule has 0 saturated carbocycles. The zero-order valence-electron chi connectivity index (χ0n) is 25.0. The number of aromatic nitrogens is 3. The number of halogens is 1. The molecule has 240 valence electrons. The molecule has 1 aliphatic heterocycles. The van der Waals surface area contributed by atoms with Crippen LogP contribution in [0.25, 0.3) is 5.52 Å². The lowest BCUT2D eigenvalue weighted by atomic mass is 9.80. The zero-order valence-corrected chi connectivity index (χ0v) is 25.9. The molecule has 14 nitrogen and oxygen atoms in total. The maximum Gasteiger partial charge on any atom is 0.459 e. The summed E-state index contributed by atoms with van der Waals surface area (Å²) in [6.07, 6.45) is 3.72. The van der Waals surface area contributed by atoms with Crippen LogP contribution in [0.1, 0.15) is 59.1 Å². The average molecular weight is 637 g/mol. The van der Waals surface area contributed by atoms with Gasteiger partial charge in [-0.3, -0.25) is 9.32 Å². The Labute approximate surface area is 254 Å². The fraction of sp³-hybridized carbons (Fsp3) is 0.571. The topological polar surface area (TPSA) is 204 Å². The van der Waals surface area contributed by atoms with Crippen molar-refractivity contribution in [2.45, 2.75) is 82.8 Å². The summed E-state index contributed by atoms with van der Waals surface area (Å²) in [5.41, 5.74) is 1.17. The van der Waals surface area contributed by atoms with Crippen LogP contribution in [0.2, 0.25) is 0 Å². The van der Waals surface area contributed by atoms with Gasteiger partial charge in [-0.1, -0.05) is 32.8 Å². The third-order valence-electron chi connectivity index (χ3n) is 7.92. The molecule has 2 aromatic heterocycles. The normalized spacial score (nSPS) is 27.1. The minimum absolute atomic E-state index is 0.130. The van der Waals surface area contributed by atoms with E-state index in [9.17, 15) is 29.2 Å². The van der Waals surface area contributed by atoms with Crippen LogP contribution in [0.5, 0.6) is 0 Å². The number of aliphatic hydroxyl groups excluding tert-OH is 1. The minimum Gasteiger partial charge on any atom is -0.464 e. The number of carbonyl (C=O) groups excluding carboxylic acids is 1. The Hall–Kier alpha value is -3.38. The molecule has 1 saturated heterocycles. The number of nitrogen functional groups attached to an aromatic ring is 1. The number of nitrogens with one attached hydrogen (secondary N) is 1. The van der Waals surface area contributed by atoms with Crippen molar-refractivity contribution in [2.24, 2.45) is 5.92 Å². The van der Waals surface area contributed by atoms with Crippen LogP contribution in [0.15, 0.2) is 36.1 Å². The Morgan fingerprint density at radius 3 is 2.75 bits per heavy atom. The van der Waals surface area contributed by atoms with Gasteiger partial charge >= 0.3 is 19.8 Å². The van der Waals surface area contributed by atoms with Gasteiger partial charge < -0.3 is 29.9 Å². The van der Waals surface area contributed by atoms with Gasteiger partial charge in [-0.05, 0) is 56.9 Å². The molecule has 0 aromatic carbocycles. The smallest absolute Gasteiger partial charge is 0.459 e. The van der Waals surface area contributed by atoms with E-state index in [2.05, 4.69) is 15.2 Å². The van der Waals surface area contributed by atoms with Crippen molar-refractivity contribution in [1.82, 2.24) is 19.7 Å². The monoisotopic (exact) mass is 636 g/mol. The maximum absolute atomic E-state index is 14.1. The number of allylic oxidation sites excluding steroid dienone is 3. The Morgan fingerprint density at radius 2 is 2.11 bits per heavy atom. The van der Waals surface area contributed by atoms with Crippen LogP contribution in [0.4, 0.5) is 10.2 Å². The Kier molecular flexibility index (Phi) is 10.1. The maximum atomic E-state index is 14.1. The molecule has 16 heteroatoms. The third kappa shape index (κ3) is 6.51. The first-order chi connectivity index (χ1) is 20.8. The Morgan fingerprint density at radius 1 is 1.39 bits per heavy atom. The van der Waals surface area contributed by atoms with E-state index in [0.29, 0.717) is 6.42 Å². The number of hydrogen-bond donors (Lipinski definition) is 4. The summed E-state index contributed by atoms with van der Waals surface area (Å²) in [6, 6.07) is 3.49. The molecule has 2 aliphatic rings. The van der Waals surface area contributed by atoms with Crippen LogP contribution >= 0.6 is 7.75 Å². The van der Waals surface area contributed by atoms with Crippen molar-refractivity contribution in [3.63, 3.8) is 0 Å². The largest absolute Gasteiger partial charge is 0.464 e. The van der Waals surface area contributed by atoms with E-state index >= 15 is 0 Å². The van der Waals surface area contributed by atoms with Gasteiger partial charge in [0.1, 0.15) is 41.2 Å². The highest BCUT2D eigenvalue weighted by molar-refractivity contribution is 7.51. The van der Waals surface area contributed by atoms with Crippen molar-refractivity contribution >= 4 is 25.1 Å². The number of hydrogen-bond acceptors (Lipinski definition) is 12. The molecule has 5 N–H and O–H groups in total. The van der Waals surface area contributed by atoms with Crippen molar-refractivity contribution in [2.75, 3.05) is 18.9 Å². The summed E-state index contributed by atoms with van der Waals surface area (Å²) in [5.74, 6) is -0.489. The molecule has 0 bridgehead atoms. The standard InChI is InChI=1S/C28H38FN6O8P/c1-5-18(6-2)14-40-25(37)17(3)34-44(39,43-19-10-8-7-9-11-19)41-15-21-23(36)27(4,38)28(16-30,42-21)22-13-12-20-24(31)32-26(29)33-35(20)22/h8,10-13,17-18,21,23,36,38H,5-7,9,14-15H2,1-4H3,(H,34,39)(H2,31,32,33)/t17-,21+,23+,27+,28-,44-/m0/s1. The van der Waals surface area contributed by atoms with E-state index < -0.39 is 55.9 Å². The number of nitrogens with zero attached hydrogens (tertiary/aromatic N) is 4. The number of carbonyl (C=O) groups is 1. The lowest BCUT2D eigenvalue weighted by Crippen LogP contribution is -2.52. The molecule has 1 fully saturated rings. The van der Waals surface area contributed by atoms with Gasteiger partial charge in [0.25, 0.3) is 0 Å². The number of ether oxygens (including phenoxy) is 2. The molecular weight excluding hydrogens is 598 g/mol. The first kappa shape index (κ1) is 33.5. The molecule has 44 heavy (non-hydrogen) atoms. The van der Waals surface area contributed by atoms with E-state index in [1.165, 1.54) is 19.1 Å². The van der Waals surface area contributed by atoms with Crippen molar-refractivity contribution in [1.29, 1.82) is 5.26 Å². The Bertz CT molecular complexity index is 1520. The summed E-state index contributed by atoms with van der Waals surface area (Å²) in [4.78, 5) is 16.2. The summed E-state index contributed by atoms with van der Waals surface area (Å²) in [6.45, 7) is 6.11. The van der Waals surface area contributed by atoms with E-state index in [1.807, 2.05) is 26.0 Å². The Balaban J connectivity index is 1.58. The molecular formula is C28H38FN6O8P. The van der Waals surface area contributed by atoms with Crippen LogP contribution < -0.4 is 10.8 Å². The zero-order chi connectivity index (χ0) is 32.3.